The van der Waals surface area contributed by atoms with Gasteiger partial charge >= 0.3 is 0 Å². The molecular weight excluding hydrogens is 406 g/mol. The summed E-state index contributed by atoms with van der Waals surface area (Å²) >= 11 is 1.31. The Bertz CT molecular complexity index is 1080. The first-order chi connectivity index (χ1) is 13.6. The molecule has 0 aliphatic heterocycles. The van der Waals surface area contributed by atoms with Crippen molar-refractivity contribution in [3.05, 3.63) is 76.5 Å². The lowest BCUT2D eigenvalue weighted by molar-refractivity contribution is 0.414. The highest BCUT2D eigenvalue weighted by molar-refractivity contribution is 7.92. The maximum absolute atomic E-state index is 11.8. The Morgan fingerprint density at radius 3 is 2.24 bits per heavy atom. The van der Waals surface area contributed by atoms with Crippen LogP contribution >= 0.6 is 11.3 Å². The molecule has 1 atom stereocenters. The van der Waals surface area contributed by atoms with E-state index in [1.165, 1.54) is 28.9 Å². The quantitative estimate of drug-likeness (QED) is 0.540. The molecule has 8 heteroatoms. The molecule has 1 heterocycles. The largest absolute Gasteiger partial charge is 0.497 e. The van der Waals surface area contributed by atoms with Crippen LogP contribution in [0.4, 0.5) is 10.8 Å². The van der Waals surface area contributed by atoms with E-state index in [-0.39, 0.29) is 5.13 Å². The number of ether oxygens (including phenoxy) is 1. The minimum atomic E-state index is -3.30. The van der Waals surface area contributed by atoms with Crippen molar-refractivity contribution in [3.8, 4) is 5.75 Å². The number of sulfonamides is 1. The minimum Gasteiger partial charge on any atom is -0.497 e. The zero-order valence-electron chi connectivity index (χ0n) is 16.8. The SMILES string of the molecule is COc1ccc(C(C)(Cc2ccc(N(C)S(C)(=O)=O)cc2)c2csc([NH-])n2)cc1. The normalized spacial score (nSPS) is 13.7. The number of nitrogens with one attached hydrogen (secondary N) is 1. The second-order valence-corrected chi connectivity index (χ2v) is 10.0. The molecule has 0 saturated carbocycles. The van der Waals surface area contributed by atoms with Crippen LogP contribution in [-0.4, -0.2) is 33.8 Å². The smallest absolute Gasteiger partial charge is 0.231 e. The number of thiazole rings is 1. The van der Waals surface area contributed by atoms with Crippen LogP contribution in [0.2, 0.25) is 0 Å². The van der Waals surface area contributed by atoms with Crippen molar-refractivity contribution >= 4 is 32.2 Å². The number of methoxy groups -OCH3 is 1. The fourth-order valence-electron chi connectivity index (χ4n) is 3.25. The molecule has 0 saturated heterocycles. The first-order valence-corrected chi connectivity index (χ1v) is 11.7. The molecule has 0 aliphatic rings. The minimum absolute atomic E-state index is 0.282. The second-order valence-electron chi connectivity index (χ2n) is 7.17. The lowest BCUT2D eigenvalue weighted by Gasteiger charge is -2.32. The predicted octanol–water partition coefficient (Wildman–Crippen LogP) is 4.78. The summed E-state index contributed by atoms with van der Waals surface area (Å²) in [4.78, 5) is 4.44. The highest BCUT2D eigenvalue weighted by Gasteiger charge is 2.29. The van der Waals surface area contributed by atoms with Gasteiger partial charge in [-0.2, -0.15) is 11.3 Å². The van der Waals surface area contributed by atoms with E-state index in [4.69, 9.17) is 10.5 Å². The van der Waals surface area contributed by atoms with Crippen LogP contribution in [-0.2, 0) is 21.9 Å². The van der Waals surface area contributed by atoms with E-state index in [1.807, 2.05) is 53.9 Å². The Morgan fingerprint density at radius 2 is 1.76 bits per heavy atom. The maximum atomic E-state index is 11.8. The third-order valence-electron chi connectivity index (χ3n) is 5.15. The zero-order valence-corrected chi connectivity index (χ0v) is 18.5. The molecule has 0 fully saturated rings. The van der Waals surface area contributed by atoms with Crippen LogP contribution in [0.3, 0.4) is 0 Å². The predicted molar refractivity (Wildman–Crippen MR) is 119 cm³/mol. The summed E-state index contributed by atoms with van der Waals surface area (Å²) in [5.41, 5.74) is 11.0. The number of hydrogen-bond donors (Lipinski definition) is 0. The van der Waals surface area contributed by atoms with Gasteiger partial charge in [0.15, 0.2) is 0 Å². The maximum Gasteiger partial charge on any atom is 0.231 e. The molecule has 0 amide bonds. The van der Waals surface area contributed by atoms with Gasteiger partial charge in [0.05, 0.1) is 19.1 Å². The molecule has 0 aliphatic carbocycles. The molecule has 1 N–H and O–H groups in total. The Hall–Kier alpha value is -2.58. The van der Waals surface area contributed by atoms with Crippen molar-refractivity contribution in [3.63, 3.8) is 0 Å². The van der Waals surface area contributed by atoms with Crippen molar-refractivity contribution in [2.45, 2.75) is 18.8 Å². The van der Waals surface area contributed by atoms with Gasteiger partial charge in [-0.3, -0.25) is 4.31 Å². The molecular formula is C21H24N3O3S2-. The van der Waals surface area contributed by atoms with E-state index in [0.717, 1.165) is 22.6 Å². The standard InChI is InChI=1S/C21H24N3O3S2/c1-21(19-14-28-20(22)23-19,16-7-11-18(27-3)12-8-16)13-15-5-9-17(10-6-15)24(2)29(4,25)26/h5-12,14H,13H2,1-4H3,(H-,22,23)/q-1. The molecule has 0 spiro atoms. The van der Waals surface area contributed by atoms with Crippen LogP contribution in [0, 0.1) is 0 Å². The van der Waals surface area contributed by atoms with Gasteiger partial charge in [-0.15, -0.1) is 0 Å². The van der Waals surface area contributed by atoms with Gasteiger partial charge in [0.25, 0.3) is 0 Å². The van der Waals surface area contributed by atoms with Gasteiger partial charge in [0.2, 0.25) is 10.0 Å². The first kappa shape index (κ1) is 21.1. The number of hydrogen-bond acceptors (Lipinski definition) is 5. The summed E-state index contributed by atoms with van der Waals surface area (Å²) in [5.74, 6) is 0.781. The Labute approximate surface area is 176 Å². The molecule has 2 aromatic carbocycles. The summed E-state index contributed by atoms with van der Waals surface area (Å²) in [7, 11) is -0.128. The molecule has 6 nitrogen and oxygen atoms in total. The topological polar surface area (TPSA) is 83.3 Å². The van der Waals surface area contributed by atoms with Gasteiger partial charge < -0.3 is 15.5 Å². The lowest BCUT2D eigenvalue weighted by atomic mass is 9.75. The van der Waals surface area contributed by atoms with E-state index in [2.05, 4.69) is 11.9 Å². The monoisotopic (exact) mass is 430 g/mol. The van der Waals surface area contributed by atoms with Gasteiger partial charge in [0, 0.05) is 12.5 Å². The third kappa shape index (κ3) is 4.54. The van der Waals surface area contributed by atoms with E-state index in [9.17, 15) is 8.42 Å². The van der Waals surface area contributed by atoms with Crippen molar-refractivity contribution < 1.29 is 13.2 Å². The van der Waals surface area contributed by atoms with E-state index >= 15 is 0 Å². The molecule has 0 bridgehead atoms. The van der Waals surface area contributed by atoms with Crippen LogP contribution in [0.25, 0.3) is 5.73 Å². The van der Waals surface area contributed by atoms with E-state index in [1.54, 1.807) is 7.11 Å². The van der Waals surface area contributed by atoms with Gasteiger partial charge in [-0.25, -0.2) is 8.42 Å². The summed E-state index contributed by atoms with van der Waals surface area (Å²) in [6.07, 6.45) is 1.84. The zero-order chi connectivity index (χ0) is 21.2. The summed E-state index contributed by atoms with van der Waals surface area (Å²) < 4.78 is 30.1. The molecule has 3 rings (SSSR count). The van der Waals surface area contributed by atoms with Crippen molar-refractivity contribution in [1.29, 1.82) is 0 Å². The summed E-state index contributed by atoms with van der Waals surface area (Å²) in [6.45, 7) is 2.11. The van der Waals surface area contributed by atoms with E-state index in [0.29, 0.717) is 12.1 Å². The van der Waals surface area contributed by atoms with Crippen molar-refractivity contribution in [1.82, 2.24) is 4.98 Å². The average molecular weight is 431 g/mol. The summed E-state index contributed by atoms with van der Waals surface area (Å²) in [6, 6.07) is 15.4. The Kier molecular flexibility index (Phi) is 5.86. The van der Waals surface area contributed by atoms with Crippen molar-refractivity contribution in [2.75, 3.05) is 24.7 Å². The third-order valence-corrected chi connectivity index (χ3v) is 7.01. The highest BCUT2D eigenvalue weighted by atomic mass is 32.2. The number of aromatic nitrogens is 1. The average Bonchev–Trinajstić information content (AvgIpc) is 3.14. The Morgan fingerprint density at radius 1 is 1.14 bits per heavy atom. The first-order valence-electron chi connectivity index (χ1n) is 8.98. The fraction of sp³-hybridized carbons (Fsp3) is 0.286. The van der Waals surface area contributed by atoms with Gasteiger partial charge in [-0.05, 0) is 58.0 Å². The van der Waals surface area contributed by atoms with Crippen LogP contribution in [0.5, 0.6) is 5.75 Å². The lowest BCUT2D eigenvalue weighted by Crippen LogP contribution is -2.27. The number of anilines is 1. The van der Waals surface area contributed by atoms with E-state index < -0.39 is 15.4 Å². The van der Waals surface area contributed by atoms with Crippen molar-refractivity contribution in [2.24, 2.45) is 0 Å². The molecule has 154 valence electrons. The van der Waals surface area contributed by atoms with Crippen LogP contribution in [0.1, 0.15) is 23.7 Å². The van der Waals surface area contributed by atoms with Gasteiger partial charge in [0.1, 0.15) is 5.75 Å². The molecule has 3 aromatic rings. The number of nitrogens with zero attached hydrogens (tertiary/aromatic N) is 2. The van der Waals surface area contributed by atoms with Crippen LogP contribution in [0.15, 0.2) is 53.9 Å². The number of rotatable bonds is 7. The molecule has 0 radical (unpaired) electrons. The number of benzene rings is 2. The van der Waals surface area contributed by atoms with Crippen LogP contribution < -0.4 is 9.04 Å². The van der Waals surface area contributed by atoms with Gasteiger partial charge in [-0.1, -0.05) is 31.2 Å². The fourth-order valence-corrected chi connectivity index (χ4v) is 4.44. The Balaban J connectivity index is 1.97. The molecule has 29 heavy (non-hydrogen) atoms. The molecule has 1 unspecified atom stereocenters. The molecule has 1 aromatic heterocycles. The summed E-state index contributed by atoms with van der Waals surface area (Å²) in [5, 5.41) is 2.21. The second kappa shape index (κ2) is 8.04. The highest BCUT2D eigenvalue weighted by Crippen LogP contribution is 2.38.